The summed E-state index contributed by atoms with van der Waals surface area (Å²) in [5, 5.41) is 0. The minimum atomic E-state index is -0.149. The lowest BCUT2D eigenvalue weighted by atomic mass is 10.1. The van der Waals surface area contributed by atoms with Crippen molar-refractivity contribution < 1.29 is 4.74 Å². The third kappa shape index (κ3) is 2.27. The molecule has 16 heavy (non-hydrogen) atoms. The fourth-order valence-electron chi connectivity index (χ4n) is 1.86. The highest BCUT2D eigenvalue weighted by Crippen LogP contribution is 2.23. The number of hydrogen-bond donors (Lipinski definition) is 1. The quantitative estimate of drug-likeness (QED) is 0.887. The molecule has 1 N–H and O–H groups in total. The first-order valence-corrected chi connectivity index (χ1v) is 6.03. The van der Waals surface area contributed by atoms with E-state index < -0.39 is 0 Å². The number of ether oxygens (including phenoxy) is 1. The molecule has 1 fully saturated rings. The van der Waals surface area contributed by atoms with Crippen molar-refractivity contribution >= 4 is 21.7 Å². The van der Waals surface area contributed by atoms with Gasteiger partial charge in [-0.2, -0.15) is 0 Å². The number of H-pyrrole nitrogens is 1. The van der Waals surface area contributed by atoms with Crippen molar-refractivity contribution in [2.75, 3.05) is 25.2 Å². The number of aromatic nitrogens is 2. The molecule has 0 aromatic carbocycles. The van der Waals surface area contributed by atoms with Crippen LogP contribution in [-0.4, -0.2) is 36.3 Å². The zero-order valence-electron chi connectivity index (χ0n) is 9.07. The van der Waals surface area contributed by atoms with Crippen molar-refractivity contribution in [2.45, 2.75) is 18.9 Å². The molecule has 0 bridgehead atoms. The molecule has 0 saturated carbocycles. The van der Waals surface area contributed by atoms with Gasteiger partial charge in [0.15, 0.2) is 0 Å². The van der Waals surface area contributed by atoms with Crippen LogP contribution in [0.2, 0.25) is 0 Å². The lowest BCUT2D eigenvalue weighted by Gasteiger charge is -2.32. The molecule has 1 aliphatic heterocycles. The first-order valence-electron chi connectivity index (χ1n) is 5.24. The predicted molar refractivity (Wildman–Crippen MR) is 64.8 cm³/mol. The second-order valence-corrected chi connectivity index (χ2v) is 4.62. The molecule has 1 aromatic rings. The van der Waals surface area contributed by atoms with Crippen molar-refractivity contribution in [3.05, 3.63) is 21.2 Å². The van der Waals surface area contributed by atoms with Crippen molar-refractivity contribution in [1.29, 1.82) is 0 Å². The maximum Gasteiger partial charge on any atom is 0.267 e. The third-order valence-electron chi connectivity index (χ3n) is 2.85. The normalized spacial score (nSPS) is 17.4. The predicted octanol–water partition coefficient (Wildman–Crippen LogP) is 1.15. The van der Waals surface area contributed by atoms with Crippen LogP contribution < -0.4 is 10.5 Å². The minimum absolute atomic E-state index is 0.149. The van der Waals surface area contributed by atoms with Gasteiger partial charge in [0.2, 0.25) is 0 Å². The molecule has 2 rings (SSSR count). The van der Waals surface area contributed by atoms with Crippen LogP contribution in [0, 0.1) is 0 Å². The van der Waals surface area contributed by atoms with Crippen LogP contribution in [-0.2, 0) is 4.74 Å². The van der Waals surface area contributed by atoms with Crippen LogP contribution in [0.4, 0.5) is 5.82 Å². The average molecular weight is 288 g/mol. The molecule has 0 atom stereocenters. The van der Waals surface area contributed by atoms with E-state index in [9.17, 15) is 4.79 Å². The Morgan fingerprint density at radius 2 is 2.25 bits per heavy atom. The molecular weight excluding hydrogens is 274 g/mol. The van der Waals surface area contributed by atoms with Gasteiger partial charge >= 0.3 is 0 Å². The van der Waals surface area contributed by atoms with Gasteiger partial charge in [0.1, 0.15) is 10.3 Å². The molecule has 6 heteroatoms. The molecule has 0 radical (unpaired) electrons. The van der Waals surface area contributed by atoms with Crippen LogP contribution in [0.15, 0.2) is 15.6 Å². The third-order valence-corrected chi connectivity index (χ3v) is 3.57. The zero-order valence-corrected chi connectivity index (χ0v) is 10.7. The Morgan fingerprint density at radius 3 is 2.94 bits per heavy atom. The van der Waals surface area contributed by atoms with E-state index in [1.807, 2.05) is 11.9 Å². The van der Waals surface area contributed by atoms with Crippen LogP contribution in [0.3, 0.4) is 0 Å². The molecule has 1 saturated heterocycles. The van der Waals surface area contributed by atoms with Gasteiger partial charge in [-0.15, -0.1) is 0 Å². The summed E-state index contributed by atoms with van der Waals surface area (Å²) in [6.45, 7) is 1.55. The van der Waals surface area contributed by atoms with E-state index in [4.69, 9.17) is 4.74 Å². The topological polar surface area (TPSA) is 58.2 Å². The standard InChI is InChI=1S/C10H14BrN3O2/c1-14(7-2-4-16-5-3-7)9-8(11)10(15)13-6-12-9/h6-7H,2-5H2,1H3,(H,12,13,15). The second kappa shape index (κ2) is 4.97. The highest BCUT2D eigenvalue weighted by atomic mass is 79.9. The number of nitrogens with zero attached hydrogens (tertiary/aromatic N) is 2. The summed E-state index contributed by atoms with van der Waals surface area (Å²) in [5.41, 5.74) is -0.149. The molecule has 0 aliphatic carbocycles. The summed E-state index contributed by atoms with van der Waals surface area (Å²) >= 11 is 3.27. The van der Waals surface area contributed by atoms with E-state index >= 15 is 0 Å². The summed E-state index contributed by atoms with van der Waals surface area (Å²) in [7, 11) is 1.96. The highest BCUT2D eigenvalue weighted by Gasteiger charge is 2.21. The lowest BCUT2D eigenvalue weighted by Crippen LogP contribution is -2.38. The van der Waals surface area contributed by atoms with E-state index in [-0.39, 0.29) is 5.56 Å². The molecule has 1 aliphatic rings. The molecule has 0 unspecified atom stereocenters. The van der Waals surface area contributed by atoms with Gasteiger partial charge in [0.05, 0.1) is 6.33 Å². The van der Waals surface area contributed by atoms with E-state index in [0.29, 0.717) is 16.3 Å². The summed E-state index contributed by atoms with van der Waals surface area (Å²) in [5.74, 6) is 0.690. The SMILES string of the molecule is CN(c1nc[nH]c(=O)c1Br)C1CCOCC1. The van der Waals surface area contributed by atoms with E-state index in [2.05, 4.69) is 25.9 Å². The van der Waals surface area contributed by atoms with Crippen molar-refractivity contribution in [2.24, 2.45) is 0 Å². The fourth-order valence-corrected chi connectivity index (χ4v) is 2.36. The first-order chi connectivity index (χ1) is 7.70. The molecular formula is C10H14BrN3O2. The number of nitrogens with one attached hydrogen (secondary N) is 1. The summed E-state index contributed by atoms with van der Waals surface area (Å²) in [6, 6.07) is 0.388. The number of rotatable bonds is 2. The van der Waals surface area contributed by atoms with Gasteiger partial charge in [-0.3, -0.25) is 4.79 Å². The number of anilines is 1. The lowest BCUT2D eigenvalue weighted by molar-refractivity contribution is 0.0853. The van der Waals surface area contributed by atoms with Crippen LogP contribution in [0.25, 0.3) is 0 Å². The first kappa shape index (κ1) is 11.6. The van der Waals surface area contributed by atoms with Crippen molar-refractivity contribution in [3.63, 3.8) is 0 Å². The Hall–Kier alpha value is -0.880. The number of aromatic amines is 1. The van der Waals surface area contributed by atoms with Gasteiger partial charge < -0.3 is 14.6 Å². The van der Waals surface area contributed by atoms with Crippen molar-refractivity contribution in [3.8, 4) is 0 Å². The largest absolute Gasteiger partial charge is 0.381 e. The van der Waals surface area contributed by atoms with E-state index in [1.165, 1.54) is 6.33 Å². The fraction of sp³-hybridized carbons (Fsp3) is 0.600. The zero-order chi connectivity index (χ0) is 11.5. The minimum Gasteiger partial charge on any atom is -0.381 e. The highest BCUT2D eigenvalue weighted by molar-refractivity contribution is 9.10. The van der Waals surface area contributed by atoms with Crippen molar-refractivity contribution in [1.82, 2.24) is 9.97 Å². The van der Waals surface area contributed by atoms with E-state index in [1.54, 1.807) is 0 Å². The number of hydrogen-bond acceptors (Lipinski definition) is 4. The van der Waals surface area contributed by atoms with Crippen LogP contribution >= 0.6 is 15.9 Å². The van der Waals surface area contributed by atoms with Gasteiger partial charge in [-0.05, 0) is 28.8 Å². The maximum atomic E-state index is 11.4. The van der Waals surface area contributed by atoms with Gasteiger partial charge in [-0.25, -0.2) is 4.98 Å². The molecule has 1 aromatic heterocycles. The van der Waals surface area contributed by atoms with Gasteiger partial charge in [-0.1, -0.05) is 0 Å². The second-order valence-electron chi connectivity index (χ2n) is 3.82. The molecule has 0 amide bonds. The average Bonchev–Trinajstić information content (AvgIpc) is 2.33. The Bertz CT molecular complexity index is 415. The summed E-state index contributed by atoms with van der Waals surface area (Å²) < 4.78 is 5.80. The molecule has 5 nitrogen and oxygen atoms in total. The summed E-state index contributed by atoms with van der Waals surface area (Å²) in [6.07, 6.45) is 3.37. The van der Waals surface area contributed by atoms with Gasteiger partial charge in [0, 0.05) is 26.3 Å². The molecule has 88 valence electrons. The Kier molecular flexibility index (Phi) is 3.60. The molecule has 2 heterocycles. The Morgan fingerprint density at radius 1 is 1.56 bits per heavy atom. The Labute approximate surface area is 102 Å². The maximum absolute atomic E-state index is 11.4. The molecule has 0 spiro atoms. The summed E-state index contributed by atoms with van der Waals surface area (Å²) in [4.78, 5) is 20.2. The van der Waals surface area contributed by atoms with Crippen LogP contribution in [0.1, 0.15) is 12.8 Å². The Balaban J connectivity index is 2.22. The number of halogens is 1. The van der Waals surface area contributed by atoms with Crippen LogP contribution in [0.5, 0.6) is 0 Å². The smallest absolute Gasteiger partial charge is 0.267 e. The van der Waals surface area contributed by atoms with E-state index in [0.717, 1.165) is 26.1 Å². The van der Waals surface area contributed by atoms with Gasteiger partial charge in [0.25, 0.3) is 5.56 Å². The monoisotopic (exact) mass is 287 g/mol.